The Bertz CT molecular complexity index is 1670. The molecule has 0 radical (unpaired) electrons. The highest BCUT2D eigenvalue weighted by atomic mass is 32.1. The molecule has 2 atom stereocenters. The zero-order chi connectivity index (χ0) is 23.8. The molecule has 2 heterocycles. The van der Waals surface area contributed by atoms with Crippen LogP contribution in [0.3, 0.4) is 0 Å². The van der Waals surface area contributed by atoms with Crippen LogP contribution in [0.4, 0.5) is 11.4 Å². The summed E-state index contributed by atoms with van der Waals surface area (Å²) >= 11 is 8.93. The Morgan fingerprint density at radius 1 is 0.657 bits per heavy atom. The van der Waals surface area contributed by atoms with Crippen molar-refractivity contribution in [3.8, 4) is 43.1 Å². The van der Waals surface area contributed by atoms with Crippen molar-refractivity contribution in [3.63, 3.8) is 0 Å². The number of anilines is 1. The molecule has 2 aromatic heterocycles. The molecule has 2 nitrogen and oxygen atoms in total. The third-order valence-corrected chi connectivity index (χ3v) is 10.5. The van der Waals surface area contributed by atoms with Crippen molar-refractivity contribution in [1.82, 2.24) is 0 Å². The highest BCUT2D eigenvalue weighted by Gasteiger charge is 2.30. The van der Waals surface area contributed by atoms with Gasteiger partial charge in [0.1, 0.15) is 5.69 Å². The predicted molar refractivity (Wildman–Crippen MR) is 153 cm³/mol. The molecule has 2 aliphatic rings. The Labute approximate surface area is 218 Å². The Morgan fingerprint density at radius 2 is 1.14 bits per heavy atom. The van der Waals surface area contributed by atoms with E-state index in [1.54, 1.807) is 0 Å². The van der Waals surface area contributed by atoms with Crippen LogP contribution in [0.5, 0.6) is 0 Å². The molecule has 2 aliphatic carbocycles. The van der Waals surface area contributed by atoms with Gasteiger partial charge in [-0.25, -0.2) is 0 Å². The number of benzene rings is 3. The molecule has 5 aromatic rings. The number of fused-ring (bicyclic) bond motifs is 6. The van der Waals surface area contributed by atoms with Crippen LogP contribution in [0.15, 0.2) is 77.2 Å². The second-order valence-electron chi connectivity index (χ2n) is 9.41. The van der Waals surface area contributed by atoms with Crippen LogP contribution in [-0.4, -0.2) is 0 Å². The number of hydrogen-bond acceptors (Lipinski definition) is 5. The van der Waals surface area contributed by atoms with Gasteiger partial charge < -0.3 is 5.73 Å². The standard InChI is InChI=1S/C30H22N2S3/c1-15-17-7-3-5-9-19(17)23-13-25(34-29(15)23)21-11-12-22(28(32-33)27(21)31)26-14-24-20-10-6-4-8-18(20)16(2)30(24)35-26/h3-16H,31H2,1-2H3. The first kappa shape index (κ1) is 21.2. The molecule has 5 heteroatoms. The fourth-order valence-corrected chi connectivity index (χ4v) is 8.53. The maximum Gasteiger partial charge on any atom is 0.109 e. The van der Waals surface area contributed by atoms with Gasteiger partial charge in [-0.15, -0.1) is 22.7 Å². The molecule has 170 valence electrons. The lowest BCUT2D eigenvalue weighted by Crippen LogP contribution is -1.92. The number of nitrogens with zero attached hydrogens (tertiary/aromatic N) is 1. The Balaban J connectivity index is 1.33. The van der Waals surface area contributed by atoms with Gasteiger partial charge in [0.25, 0.3) is 0 Å². The fraction of sp³-hybridized carbons (Fsp3) is 0.133. The molecule has 0 amide bonds. The molecule has 0 saturated carbocycles. The molecule has 0 fully saturated rings. The monoisotopic (exact) mass is 506 g/mol. The lowest BCUT2D eigenvalue weighted by Gasteiger charge is -2.12. The third kappa shape index (κ3) is 2.92. The van der Waals surface area contributed by atoms with Crippen molar-refractivity contribution < 1.29 is 0 Å². The normalized spacial score (nSPS) is 17.1. The summed E-state index contributed by atoms with van der Waals surface area (Å²) in [6.07, 6.45) is 0. The van der Waals surface area contributed by atoms with Crippen LogP contribution >= 0.6 is 22.7 Å². The Morgan fingerprint density at radius 3 is 1.69 bits per heavy atom. The zero-order valence-corrected chi connectivity index (χ0v) is 21.8. The van der Waals surface area contributed by atoms with E-state index in [1.165, 1.54) is 52.9 Å². The summed E-state index contributed by atoms with van der Waals surface area (Å²) in [7, 11) is 0. The second-order valence-corrected chi connectivity index (χ2v) is 11.8. The molecule has 2 N–H and O–H groups in total. The van der Waals surface area contributed by atoms with Gasteiger partial charge in [-0.3, -0.25) is 0 Å². The van der Waals surface area contributed by atoms with Gasteiger partial charge >= 0.3 is 0 Å². The van der Waals surface area contributed by atoms with Gasteiger partial charge in [-0.2, -0.15) is 4.36 Å². The quantitative estimate of drug-likeness (QED) is 0.248. The minimum Gasteiger partial charge on any atom is -0.396 e. The first-order valence-corrected chi connectivity index (χ1v) is 13.8. The van der Waals surface area contributed by atoms with Crippen molar-refractivity contribution in [2.75, 3.05) is 5.73 Å². The number of hydrogen-bond donors (Lipinski definition) is 1. The highest BCUT2D eigenvalue weighted by Crippen LogP contribution is 2.55. The molecule has 7 rings (SSSR count). The molecule has 3 aromatic carbocycles. The van der Waals surface area contributed by atoms with E-state index in [2.05, 4.69) is 91.0 Å². The summed E-state index contributed by atoms with van der Waals surface area (Å²) in [4.78, 5) is 5.16. The fourth-order valence-electron chi connectivity index (χ4n) is 5.78. The number of nitrogen functional groups attached to an aromatic ring is 1. The largest absolute Gasteiger partial charge is 0.396 e. The summed E-state index contributed by atoms with van der Waals surface area (Å²) in [5.74, 6) is 0.806. The van der Waals surface area contributed by atoms with Crippen molar-refractivity contribution in [2.45, 2.75) is 25.7 Å². The molecule has 0 spiro atoms. The van der Waals surface area contributed by atoms with Gasteiger partial charge in [0.05, 0.1) is 5.69 Å². The van der Waals surface area contributed by atoms with Crippen LogP contribution in [0.25, 0.3) is 43.1 Å². The minimum absolute atomic E-state index is 0.402. The van der Waals surface area contributed by atoms with E-state index >= 15 is 0 Å². The van der Waals surface area contributed by atoms with Crippen LogP contribution in [-0.2, 0) is 12.4 Å². The van der Waals surface area contributed by atoms with Gasteiger partial charge in [0.2, 0.25) is 0 Å². The summed E-state index contributed by atoms with van der Waals surface area (Å²) < 4.78 is 4.26. The molecule has 2 unspecified atom stereocenters. The van der Waals surface area contributed by atoms with Crippen LogP contribution in [0.2, 0.25) is 0 Å². The predicted octanol–water partition coefficient (Wildman–Crippen LogP) is 9.35. The van der Waals surface area contributed by atoms with Gasteiger partial charge in [-0.05, 0) is 45.5 Å². The molecule has 0 saturated heterocycles. The SMILES string of the molecule is CC1c2ccccc2-c2cc(-c3ccc(-c4cc5c(s4)C(C)c4ccccc4-5)c(N=S)c3N)sc21. The van der Waals surface area contributed by atoms with Crippen molar-refractivity contribution in [2.24, 2.45) is 4.36 Å². The van der Waals surface area contributed by atoms with Crippen molar-refractivity contribution in [3.05, 3.63) is 93.7 Å². The van der Waals surface area contributed by atoms with E-state index in [9.17, 15) is 0 Å². The van der Waals surface area contributed by atoms with Crippen molar-refractivity contribution in [1.29, 1.82) is 0 Å². The molecule has 35 heavy (non-hydrogen) atoms. The average Bonchev–Trinajstić information content (AvgIpc) is 3.62. The van der Waals surface area contributed by atoms with Gasteiger partial charge in [-0.1, -0.05) is 74.5 Å². The minimum atomic E-state index is 0.402. The van der Waals surface area contributed by atoms with E-state index in [4.69, 9.17) is 18.2 Å². The van der Waals surface area contributed by atoms with Crippen LogP contribution < -0.4 is 5.73 Å². The van der Waals surface area contributed by atoms with E-state index in [0.29, 0.717) is 23.2 Å². The lowest BCUT2D eigenvalue weighted by molar-refractivity contribution is 0.980. The number of rotatable bonds is 3. The second kappa shape index (κ2) is 7.69. The first-order chi connectivity index (χ1) is 17.1. The molecular formula is C30H22N2S3. The van der Waals surface area contributed by atoms with E-state index in [0.717, 1.165) is 11.1 Å². The third-order valence-electron chi connectivity index (χ3n) is 7.58. The van der Waals surface area contributed by atoms with Crippen molar-refractivity contribution >= 4 is 46.5 Å². The van der Waals surface area contributed by atoms with E-state index < -0.39 is 0 Å². The summed E-state index contributed by atoms with van der Waals surface area (Å²) in [6, 6.07) is 26.3. The number of nitrogens with two attached hydrogens (primary N) is 1. The zero-order valence-electron chi connectivity index (χ0n) is 19.3. The van der Waals surface area contributed by atoms with E-state index in [-0.39, 0.29) is 0 Å². The maximum absolute atomic E-state index is 6.76. The smallest absolute Gasteiger partial charge is 0.109 e. The summed E-state index contributed by atoms with van der Waals surface area (Å²) in [5.41, 5.74) is 18.3. The highest BCUT2D eigenvalue weighted by molar-refractivity contribution is 7.47. The lowest BCUT2D eigenvalue weighted by atomic mass is 10.0. The number of thiophene rings is 2. The first-order valence-electron chi connectivity index (χ1n) is 11.8. The maximum atomic E-state index is 6.76. The van der Waals surface area contributed by atoms with Crippen LogP contribution in [0.1, 0.15) is 46.6 Å². The molecule has 0 bridgehead atoms. The Kier molecular flexibility index (Phi) is 4.65. The average molecular weight is 507 g/mol. The van der Waals surface area contributed by atoms with Gasteiger partial charge in [0.15, 0.2) is 0 Å². The molecule has 0 aliphatic heterocycles. The van der Waals surface area contributed by atoms with Crippen LogP contribution in [0, 0.1) is 0 Å². The topological polar surface area (TPSA) is 38.4 Å². The summed E-state index contributed by atoms with van der Waals surface area (Å²) in [6.45, 7) is 4.58. The van der Waals surface area contributed by atoms with E-state index in [1.807, 2.05) is 22.7 Å². The molecular weight excluding hydrogens is 485 g/mol. The summed E-state index contributed by atoms with van der Waals surface area (Å²) in [5, 5.41) is 0. The van der Waals surface area contributed by atoms with Gasteiger partial charge in [0, 0.05) is 54.9 Å². The Hall–Kier alpha value is -3.12.